The maximum absolute atomic E-state index is 12.5. The summed E-state index contributed by atoms with van der Waals surface area (Å²) in [7, 11) is 3.54. The Hall–Kier alpha value is -2.60. The van der Waals surface area contributed by atoms with E-state index >= 15 is 0 Å². The summed E-state index contributed by atoms with van der Waals surface area (Å²) in [6.45, 7) is 0. The van der Waals surface area contributed by atoms with E-state index in [2.05, 4.69) is 10.3 Å². The molecule has 23 heavy (non-hydrogen) atoms. The molecule has 1 amide bonds. The molecule has 3 rings (SSSR count). The number of amides is 1. The first-order valence-corrected chi connectivity index (χ1v) is 8.02. The number of carbonyl (C=O) groups is 1. The standard InChI is InChI=1S/C17H17N3O2S/c1-20-10-9-18-16(20)15(12-5-7-13(22-2)8-6-12)19-17(21)14-4-3-11-23-14/h3-11,15H,1-2H3,(H,19,21)/t15-/m0/s1. The van der Waals surface area contributed by atoms with Gasteiger partial charge in [-0.3, -0.25) is 4.79 Å². The molecule has 3 aromatic rings. The largest absolute Gasteiger partial charge is 0.497 e. The van der Waals surface area contributed by atoms with Crippen molar-refractivity contribution < 1.29 is 9.53 Å². The number of hydrogen-bond donors (Lipinski definition) is 1. The van der Waals surface area contributed by atoms with Gasteiger partial charge in [0.25, 0.3) is 5.91 Å². The van der Waals surface area contributed by atoms with Crippen molar-refractivity contribution in [3.8, 4) is 5.75 Å². The summed E-state index contributed by atoms with van der Waals surface area (Å²) in [5.74, 6) is 1.45. The monoisotopic (exact) mass is 327 g/mol. The van der Waals surface area contributed by atoms with Crippen molar-refractivity contribution in [2.75, 3.05) is 7.11 Å². The first-order chi connectivity index (χ1) is 11.2. The van der Waals surface area contributed by atoms with Crippen LogP contribution in [0.5, 0.6) is 5.75 Å². The van der Waals surface area contributed by atoms with E-state index in [0.717, 1.165) is 17.1 Å². The first kappa shape index (κ1) is 15.3. The van der Waals surface area contributed by atoms with Crippen molar-refractivity contribution in [2.45, 2.75) is 6.04 Å². The van der Waals surface area contributed by atoms with Gasteiger partial charge in [0.05, 0.1) is 12.0 Å². The van der Waals surface area contributed by atoms with E-state index in [-0.39, 0.29) is 11.9 Å². The lowest BCUT2D eigenvalue weighted by Crippen LogP contribution is -2.30. The molecule has 0 unspecified atom stereocenters. The van der Waals surface area contributed by atoms with E-state index in [4.69, 9.17) is 4.74 Å². The van der Waals surface area contributed by atoms with E-state index in [0.29, 0.717) is 4.88 Å². The normalized spacial score (nSPS) is 11.9. The van der Waals surface area contributed by atoms with Crippen LogP contribution in [0.15, 0.2) is 54.2 Å². The minimum Gasteiger partial charge on any atom is -0.497 e. The minimum atomic E-state index is -0.324. The number of aromatic nitrogens is 2. The fourth-order valence-corrected chi connectivity index (χ4v) is 2.99. The van der Waals surface area contributed by atoms with Crippen LogP contribution in [0.3, 0.4) is 0 Å². The fraction of sp³-hybridized carbons (Fsp3) is 0.176. The highest BCUT2D eigenvalue weighted by atomic mass is 32.1. The Morgan fingerprint density at radius 1 is 1.30 bits per heavy atom. The highest BCUT2D eigenvalue weighted by Gasteiger charge is 2.21. The van der Waals surface area contributed by atoms with Crippen molar-refractivity contribution >= 4 is 17.2 Å². The molecule has 0 saturated carbocycles. The lowest BCUT2D eigenvalue weighted by molar-refractivity contribution is 0.0945. The van der Waals surface area contributed by atoms with Gasteiger partial charge in [0, 0.05) is 19.4 Å². The smallest absolute Gasteiger partial charge is 0.262 e. The zero-order chi connectivity index (χ0) is 16.2. The molecule has 0 fully saturated rings. The number of aryl methyl sites for hydroxylation is 1. The van der Waals surface area contributed by atoms with E-state index in [9.17, 15) is 4.79 Å². The number of benzene rings is 1. The van der Waals surface area contributed by atoms with Crippen molar-refractivity contribution in [3.05, 3.63) is 70.4 Å². The van der Waals surface area contributed by atoms with Gasteiger partial charge in [-0.25, -0.2) is 4.98 Å². The average Bonchev–Trinajstić information content (AvgIpc) is 3.24. The Bertz CT molecular complexity index is 779. The van der Waals surface area contributed by atoms with Gasteiger partial charge < -0.3 is 14.6 Å². The molecule has 0 aliphatic rings. The minimum absolute atomic E-state index is 0.108. The zero-order valence-corrected chi connectivity index (χ0v) is 13.7. The molecule has 6 heteroatoms. The molecular formula is C17H17N3O2S. The van der Waals surface area contributed by atoms with Crippen molar-refractivity contribution in [3.63, 3.8) is 0 Å². The lowest BCUT2D eigenvalue weighted by atomic mass is 10.1. The van der Waals surface area contributed by atoms with Gasteiger partial charge in [0.1, 0.15) is 17.6 Å². The lowest BCUT2D eigenvalue weighted by Gasteiger charge is -2.19. The number of ether oxygens (including phenoxy) is 1. The molecule has 0 bridgehead atoms. The van der Waals surface area contributed by atoms with Crippen LogP contribution in [0.4, 0.5) is 0 Å². The van der Waals surface area contributed by atoms with E-state index in [1.54, 1.807) is 13.3 Å². The number of hydrogen-bond acceptors (Lipinski definition) is 4. The molecular weight excluding hydrogens is 310 g/mol. The quantitative estimate of drug-likeness (QED) is 0.784. The van der Waals surface area contributed by atoms with Crippen molar-refractivity contribution in [1.29, 1.82) is 0 Å². The molecule has 1 N–H and O–H groups in total. The Kier molecular flexibility index (Phi) is 4.43. The number of rotatable bonds is 5. The van der Waals surface area contributed by atoms with Crippen LogP contribution >= 0.6 is 11.3 Å². The van der Waals surface area contributed by atoms with Crippen molar-refractivity contribution in [1.82, 2.24) is 14.9 Å². The SMILES string of the molecule is COc1ccc([C@H](NC(=O)c2cccs2)c2nccn2C)cc1. The van der Waals surface area contributed by atoms with Gasteiger partial charge in [0.2, 0.25) is 0 Å². The summed E-state index contributed by atoms with van der Waals surface area (Å²) in [6, 6.07) is 11.0. The second-order valence-corrected chi connectivity index (χ2v) is 6.00. The Labute approximate surface area is 138 Å². The maximum Gasteiger partial charge on any atom is 0.262 e. The van der Waals surface area contributed by atoms with Crippen LogP contribution in [0.25, 0.3) is 0 Å². The number of nitrogens with zero attached hydrogens (tertiary/aromatic N) is 2. The summed E-state index contributed by atoms with van der Waals surface area (Å²) in [5.41, 5.74) is 0.949. The Morgan fingerprint density at radius 3 is 2.65 bits per heavy atom. The predicted octanol–water partition coefficient (Wildman–Crippen LogP) is 3.01. The maximum atomic E-state index is 12.5. The van der Waals surface area contributed by atoms with Crippen LogP contribution < -0.4 is 10.1 Å². The first-order valence-electron chi connectivity index (χ1n) is 7.14. The van der Waals surface area contributed by atoms with Gasteiger partial charge in [-0.15, -0.1) is 11.3 Å². The second kappa shape index (κ2) is 6.66. The molecule has 1 aromatic carbocycles. The topological polar surface area (TPSA) is 56.1 Å². The molecule has 2 aromatic heterocycles. The van der Waals surface area contributed by atoms with Gasteiger partial charge in [-0.05, 0) is 29.1 Å². The van der Waals surface area contributed by atoms with E-state index in [1.807, 2.05) is 59.6 Å². The Morgan fingerprint density at radius 2 is 2.09 bits per heavy atom. The molecule has 0 radical (unpaired) electrons. The average molecular weight is 327 g/mol. The molecule has 118 valence electrons. The third-order valence-electron chi connectivity index (χ3n) is 3.59. The second-order valence-electron chi connectivity index (χ2n) is 5.05. The van der Waals surface area contributed by atoms with E-state index < -0.39 is 0 Å². The molecule has 0 aliphatic carbocycles. The number of imidazole rings is 1. The van der Waals surface area contributed by atoms with Crippen LogP contribution in [0.2, 0.25) is 0 Å². The van der Waals surface area contributed by atoms with Crippen LogP contribution in [0.1, 0.15) is 27.1 Å². The molecule has 0 saturated heterocycles. The van der Waals surface area contributed by atoms with Gasteiger partial charge in [0.15, 0.2) is 0 Å². The number of methoxy groups -OCH3 is 1. The molecule has 1 atom stereocenters. The summed E-state index contributed by atoms with van der Waals surface area (Å²) in [6.07, 6.45) is 3.59. The van der Waals surface area contributed by atoms with E-state index in [1.165, 1.54) is 11.3 Å². The number of nitrogens with one attached hydrogen (secondary N) is 1. The molecule has 2 heterocycles. The Balaban J connectivity index is 1.93. The molecule has 5 nitrogen and oxygen atoms in total. The third-order valence-corrected chi connectivity index (χ3v) is 4.45. The zero-order valence-electron chi connectivity index (χ0n) is 12.9. The van der Waals surface area contributed by atoms with Gasteiger partial charge in [-0.1, -0.05) is 18.2 Å². The highest BCUT2D eigenvalue weighted by Crippen LogP contribution is 2.24. The fourth-order valence-electron chi connectivity index (χ4n) is 2.36. The predicted molar refractivity (Wildman–Crippen MR) is 89.8 cm³/mol. The van der Waals surface area contributed by atoms with Gasteiger partial charge in [-0.2, -0.15) is 0 Å². The summed E-state index contributed by atoms with van der Waals surface area (Å²) < 4.78 is 7.10. The third kappa shape index (κ3) is 3.27. The van der Waals surface area contributed by atoms with Crippen LogP contribution in [-0.2, 0) is 7.05 Å². The molecule has 0 spiro atoms. The summed E-state index contributed by atoms with van der Waals surface area (Å²) in [4.78, 5) is 17.5. The number of carbonyl (C=O) groups excluding carboxylic acids is 1. The summed E-state index contributed by atoms with van der Waals surface area (Å²) >= 11 is 1.42. The number of thiophene rings is 1. The van der Waals surface area contributed by atoms with Crippen molar-refractivity contribution in [2.24, 2.45) is 7.05 Å². The molecule has 0 aliphatic heterocycles. The highest BCUT2D eigenvalue weighted by molar-refractivity contribution is 7.12. The van der Waals surface area contributed by atoms with Crippen LogP contribution in [-0.4, -0.2) is 22.6 Å². The van der Waals surface area contributed by atoms with Crippen LogP contribution in [0, 0.1) is 0 Å². The van der Waals surface area contributed by atoms with Gasteiger partial charge >= 0.3 is 0 Å². The summed E-state index contributed by atoms with van der Waals surface area (Å²) in [5, 5.41) is 4.95.